The van der Waals surface area contributed by atoms with Crippen molar-refractivity contribution in [2.45, 2.75) is 18.9 Å². The van der Waals surface area contributed by atoms with Gasteiger partial charge in [-0.25, -0.2) is 9.97 Å². The van der Waals surface area contributed by atoms with Crippen molar-refractivity contribution in [1.82, 2.24) is 9.97 Å². The van der Waals surface area contributed by atoms with E-state index in [2.05, 4.69) is 14.9 Å². The number of phenols is 1. The van der Waals surface area contributed by atoms with E-state index < -0.39 is 0 Å². The van der Waals surface area contributed by atoms with Crippen molar-refractivity contribution in [1.29, 1.82) is 0 Å². The summed E-state index contributed by atoms with van der Waals surface area (Å²) >= 11 is 0. The Morgan fingerprint density at radius 2 is 1.70 bits per heavy atom. The van der Waals surface area contributed by atoms with E-state index in [9.17, 15) is 5.11 Å². The first kappa shape index (κ1) is 12.9. The van der Waals surface area contributed by atoms with Crippen LogP contribution < -0.4 is 4.90 Å². The summed E-state index contributed by atoms with van der Waals surface area (Å²) in [7, 11) is 0. The van der Waals surface area contributed by atoms with E-state index in [0.717, 1.165) is 31.7 Å². The van der Waals surface area contributed by atoms with Gasteiger partial charge in [-0.2, -0.15) is 0 Å². The molecule has 2 aromatic rings. The maximum Gasteiger partial charge on any atom is 0.230 e. The lowest BCUT2D eigenvalue weighted by molar-refractivity contribution is 0.0863. The molecule has 1 aromatic heterocycles. The highest BCUT2D eigenvalue weighted by atomic mass is 16.5. The highest BCUT2D eigenvalue weighted by Crippen LogP contribution is 2.29. The summed E-state index contributed by atoms with van der Waals surface area (Å²) in [6.07, 6.45) is 5.38. The number of nitrogens with zero attached hydrogens (tertiary/aromatic N) is 3. The number of hydrogen-bond donors (Lipinski definition) is 1. The lowest BCUT2D eigenvalue weighted by atomic mass is 10.1. The Bertz CT molecular complexity index is 539. The Kier molecular flexibility index (Phi) is 3.78. The number of phenolic OH excluding ortho intramolecular Hbond substituents is 1. The van der Waals surface area contributed by atoms with Crippen LogP contribution in [0.3, 0.4) is 0 Å². The highest BCUT2D eigenvalue weighted by molar-refractivity contribution is 5.59. The molecule has 1 saturated heterocycles. The minimum Gasteiger partial charge on any atom is -0.508 e. The maximum atomic E-state index is 9.45. The van der Waals surface area contributed by atoms with Gasteiger partial charge in [0.1, 0.15) is 5.75 Å². The third-order valence-electron chi connectivity index (χ3n) is 3.45. The molecule has 0 spiro atoms. The molecule has 5 heteroatoms. The first-order valence-electron chi connectivity index (χ1n) is 6.77. The Balaban J connectivity index is 1.96. The summed E-state index contributed by atoms with van der Waals surface area (Å²) in [5.41, 5.74) is 0.987. The summed E-state index contributed by atoms with van der Waals surface area (Å²) in [4.78, 5) is 10.9. The van der Waals surface area contributed by atoms with Crippen molar-refractivity contribution < 1.29 is 9.84 Å². The Hall–Kier alpha value is -2.14. The van der Waals surface area contributed by atoms with Gasteiger partial charge in [0.05, 0.1) is 0 Å². The zero-order valence-electron chi connectivity index (χ0n) is 11.1. The van der Waals surface area contributed by atoms with Crippen LogP contribution in [0.1, 0.15) is 12.8 Å². The number of benzene rings is 1. The molecule has 5 nitrogen and oxygen atoms in total. The standard InChI is InChI=1S/C15H17N3O2/c19-14-4-2-12(3-5-14)18(13-6-10-20-11-7-13)15-16-8-1-9-17-15/h1-5,8-9,13,19H,6-7,10-11H2. The normalized spacial score (nSPS) is 16.0. The number of anilines is 2. The van der Waals surface area contributed by atoms with Gasteiger partial charge >= 0.3 is 0 Å². The summed E-state index contributed by atoms with van der Waals surface area (Å²) in [5.74, 6) is 0.944. The first-order chi connectivity index (χ1) is 9.84. The molecule has 1 aliphatic rings. The smallest absolute Gasteiger partial charge is 0.230 e. The molecular formula is C15H17N3O2. The topological polar surface area (TPSA) is 58.5 Å². The van der Waals surface area contributed by atoms with Gasteiger partial charge < -0.3 is 14.7 Å². The van der Waals surface area contributed by atoms with E-state index in [1.807, 2.05) is 18.2 Å². The van der Waals surface area contributed by atoms with E-state index >= 15 is 0 Å². The van der Waals surface area contributed by atoms with Gasteiger partial charge in [-0.15, -0.1) is 0 Å². The van der Waals surface area contributed by atoms with Gasteiger partial charge in [0, 0.05) is 37.3 Å². The zero-order chi connectivity index (χ0) is 13.8. The van der Waals surface area contributed by atoms with Crippen LogP contribution in [0, 0.1) is 0 Å². The monoisotopic (exact) mass is 271 g/mol. The van der Waals surface area contributed by atoms with Crippen molar-refractivity contribution in [3.8, 4) is 5.75 Å². The fourth-order valence-corrected chi connectivity index (χ4v) is 2.46. The van der Waals surface area contributed by atoms with Gasteiger partial charge in [-0.05, 0) is 43.2 Å². The summed E-state index contributed by atoms with van der Waals surface area (Å²) in [5, 5.41) is 9.45. The molecule has 1 aromatic carbocycles. The predicted octanol–water partition coefficient (Wildman–Crippen LogP) is 2.50. The quantitative estimate of drug-likeness (QED) is 0.929. The number of ether oxygens (including phenoxy) is 1. The molecule has 0 radical (unpaired) electrons. The molecule has 0 atom stereocenters. The number of aromatic nitrogens is 2. The van der Waals surface area contributed by atoms with Crippen molar-refractivity contribution >= 4 is 11.6 Å². The molecule has 0 bridgehead atoms. The first-order valence-corrected chi connectivity index (χ1v) is 6.77. The fraction of sp³-hybridized carbons (Fsp3) is 0.333. The van der Waals surface area contributed by atoms with Crippen LogP contribution in [0.15, 0.2) is 42.7 Å². The average Bonchev–Trinajstić information content (AvgIpc) is 2.52. The molecule has 0 aliphatic carbocycles. The van der Waals surface area contributed by atoms with Gasteiger partial charge in [-0.1, -0.05) is 0 Å². The molecule has 20 heavy (non-hydrogen) atoms. The summed E-state index contributed by atoms with van der Waals surface area (Å²) in [6, 6.07) is 9.27. The van der Waals surface area contributed by atoms with Crippen LogP contribution in [0.25, 0.3) is 0 Å². The minimum absolute atomic E-state index is 0.259. The molecule has 2 heterocycles. The molecule has 0 amide bonds. The molecule has 1 N–H and O–H groups in total. The van der Waals surface area contributed by atoms with Gasteiger partial charge in [0.25, 0.3) is 0 Å². The second-order valence-electron chi connectivity index (χ2n) is 4.78. The van der Waals surface area contributed by atoms with Crippen molar-refractivity contribution in [3.63, 3.8) is 0 Å². The molecule has 1 aliphatic heterocycles. The SMILES string of the molecule is Oc1ccc(N(c2ncccn2)C2CCOCC2)cc1. The Morgan fingerprint density at radius 1 is 1.05 bits per heavy atom. The van der Waals surface area contributed by atoms with Crippen molar-refractivity contribution in [2.75, 3.05) is 18.1 Å². The molecule has 104 valence electrons. The Morgan fingerprint density at radius 3 is 2.35 bits per heavy atom. The molecule has 0 unspecified atom stereocenters. The number of hydrogen-bond acceptors (Lipinski definition) is 5. The maximum absolute atomic E-state index is 9.45. The second kappa shape index (κ2) is 5.88. The fourth-order valence-electron chi connectivity index (χ4n) is 2.46. The third kappa shape index (κ3) is 2.72. The van der Waals surface area contributed by atoms with Crippen LogP contribution >= 0.6 is 0 Å². The van der Waals surface area contributed by atoms with Crippen molar-refractivity contribution in [3.05, 3.63) is 42.7 Å². The van der Waals surface area contributed by atoms with Crippen LogP contribution in [0.4, 0.5) is 11.6 Å². The zero-order valence-corrected chi connectivity index (χ0v) is 11.1. The van der Waals surface area contributed by atoms with E-state index in [1.54, 1.807) is 24.5 Å². The lowest BCUT2D eigenvalue weighted by Gasteiger charge is -2.34. The van der Waals surface area contributed by atoms with E-state index in [-0.39, 0.29) is 5.75 Å². The van der Waals surface area contributed by atoms with Crippen LogP contribution in [-0.4, -0.2) is 34.3 Å². The molecule has 0 saturated carbocycles. The van der Waals surface area contributed by atoms with Gasteiger partial charge in [-0.3, -0.25) is 0 Å². The van der Waals surface area contributed by atoms with Crippen LogP contribution in [-0.2, 0) is 4.74 Å². The Labute approximate surface area is 117 Å². The molecule has 1 fully saturated rings. The largest absolute Gasteiger partial charge is 0.508 e. The lowest BCUT2D eigenvalue weighted by Crippen LogP contribution is -2.37. The molecule has 3 rings (SSSR count). The number of aromatic hydroxyl groups is 1. The predicted molar refractivity (Wildman–Crippen MR) is 76.1 cm³/mol. The van der Waals surface area contributed by atoms with E-state index in [1.165, 1.54) is 0 Å². The van der Waals surface area contributed by atoms with Crippen molar-refractivity contribution in [2.24, 2.45) is 0 Å². The minimum atomic E-state index is 0.259. The van der Waals surface area contributed by atoms with Gasteiger partial charge in [0.15, 0.2) is 0 Å². The number of rotatable bonds is 3. The summed E-state index contributed by atoms with van der Waals surface area (Å²) in [6.45, 7) is 1.51. The van der Waals surface area contributed by atoms with E-state index in [0.29, 0.717) is 12.0 Å². The van der Waals surface area contributed by atoms with Crippen LogP contribution in [0.2, 0.25) is 0 Å². The van der Waals surface area contributed by atoms with Crippen LogP contribution in [0.5, 0.6) is 5.75 Å². The third-order valence-corrected chi connectivity index (χ3v) is 3.45. The average molecular weight is 271 g/mol. The highest BCUT2D eigenvalue weighted by Gasteiger charge is 2.25. The van der Waals surface area contributed by atoms with E-state index in [4.69, 9.17) is 4.74 Å². The summed E-state index contributed by atoms with van der Waals surface area (Å²) < 4.78 is 5.43. The molecular weight excluding hydrogens is 254 g/mol. The van der Waals surface area contributed by atoms with Gasteiger partial charge in [0.2, 0.25) is 5.95 Å². The second-order valence-corrected chi connectivity index (χ2v) is 4.78.